The first-order chi connectivity index (χ1) is 13.5. The van der Waals surface area contributed by atoms with E-state index in [1.165, 1.54) is 12.8 Å². The van der Waals surface area contributed by atoms with E-state index in [4.69, 9.17) is 9.47 Å². The lowest BCUT2D eigenvalue weighted by Gasteiger charge is -2.26. The molecule has 1 N–H and O–H groups in total. The molecule has 0 atom stereocenters. The summed E-state index contributed by atoms with van der Waals surface area (Å²) in [5, 5.41) is 3.20. The van der Waals surface area contributed by atoms with Crippen LogP contribution in [0.1, 0.15) is 57.4 Å². The number of nitrogens with zero attached hydrogens (tertiary/aromatic N) is 1. The minimum absolute atomic E-state index is 0.153. The molecule has 5 nitrogen and oxygen atoms in total. The lowest BCUT2D eigenvalue weighted by Crippen LogP contribution is -2.37. The van der Waals surface area contributed by atoms with Crippen molar-refractivity contribution in [3.63, 3.8) is 0 Å². The molecule has 1 fully saturated rings. The van der Waals surface area contributed by atoms with Gasteiger partial charge in [0.1, 0.15) is 0 Å². The van der Waals surface area contributed by atoms with Gasteiger partial charge in [0.15, 0.2) is 11.5 Å². The molecule has 0 aromatic heterocycles. The van der Waals surface area contributed by atoms with Crippen LogP contribution in [0, 0.1) is 5.92 Å². The normalized spacial score (nSPS) is 19.5. The van der Waals surface area contributed by atoms with Crippen molar-refractivity contribution in [3.05, 3.63) is 23.8 Å². The lowest BCUT2D eigenvalue weighted by molar-refractivity contribution is -0.122. The highest BCUT2D eigenvalue weighted by molar-refractivity contribution is 5.76. The van der Waals surface area contributed by atoms with Crippen LogP contribution in [-0.4, -0.2) is 51.2 Å². The van der Waals surface area contributed by atoms with Crippen LogP contribution >= 0.6 is 0 Å². The van der Waals surface area contributed by atoms with Crippen LogP contribution in [0.2, 0.25) is 0 Å². The van der Waals surface area contributed by atoms with Crippen LogP contribution in [-0.2, 0) is 11.2 Å². The summed E-state index contributed by atoms with van der Waals surface area (Å²) < 4.78 is 11.4. The molecule has 1 aromatic carbocycles. The molecule has 2 rings (SSSR count). The first kappa shape index (κ1) is 22.5. The number of hydrogen-bond acceptors (Lipinski definition) is 4. The van der Waals surface area contributed by atoms with Crippen molar-refractivity contribution in [1.29, 1.82) is 0 Å². The van der Waals surface area contributed by atoms with Gasteiger partial charge < -0.3 is 19.7 Å². The van der Waals surface area contributed by atoms with Crippen molar-refractivity contribution in [2.75, 3.05) is 34.4 Å². The SMILES string of the molecule is COc1cc(CCC(=O)N[C@H]2CC[C@H](C)CC2)ccc1OCCCCN(C)C. The number of ether oxygens (including phenoxy) is 2. The second-order valence-electron chi connectivity index (χ2n) is 8.37. The van der Waals surface area contributed by atoms with Crippen molar-refractivity contribution in [1.82, 2.24) is 10.2 Å². The summed E-state index contributed by atoms with van der Waals surface area (Å²) in [5.41, 5.74) is 1.10. The molecule has 1 amide bonds. The Kier molecular flexibility index (Phi) is 9.62. The molecule has 0 aliphatic heterocycles. The molecule has 0 radical (unpaired) electrons. The van der Waals surface area contributed by atoms with E-state index in [-0.39, 0.29) is 5.91 Å². The summed E-state index contributed by atoms with van der Waals surface area (Å²) in [6.07, 6.45) is 8.03. The Balaban J connectivity index is 1.75. The Morgan fingerprint density at radius 2 is 1.89 bits per heavy atom. The highest BCUT2D eigenvalue weighted by Gasteiger charge is 2.19. The standard InChI is InChI=1S/C23H38N2O3/c1-18-7-11-20(12-8-18)24-23(26)14-10-19-9-13-21(22(17-19)27-4)28-16-6-5-15-25(2)3/h9,13,17-18,20H,5-8,10-12,14-16H2,1-4H3,(H,24,26)/t18-,20-. The topological polar surface area (TPSA) is 50.8 Å². The van der Waals surface area contributed by atoms with Crippen LogP contribution in [0.15, 0.2) is 18.2 Å². The fourth-order valence-electron chi connectivity index (χ4n) is 3.66. The Morgan fingerprint density at radius 3 is 2.57 bits per heavy atom. The quantitative estimate of drug-likeness (QED) is 0.579. The van der Waals surface area contributed by atoms with Crippen LogP contribution < -0.4 is 14.8 Å². The Morgan fingerprint density at radius 1 is 1.14 bits per heavy atom. The summed E-state index contributed by atoms with van der Waals surface area (Å²) in [5.74, 6) is 2.47. The Bertz CT molecular complexity index is 596. The van der Waals surface area contributed by atoms with Crippen molar-refractivity contribution in [2.45, 2.75) is 64.3 Å². The molecule has 0 bridgehead atoms. The van der Waals surface area contributed by atoms with Crippen LogP contribution in [0.3, 0.4) is 0 Å². The number of nitrogens with one attached hydrogen (secondary N) is 1. The van der Waals surface area contributed by atoms with E-state index in [1.807, 2.05) is 18.2 Å². The second-order valence-corrected chi connectivity index (χ2v) is 8.37. The number of methoxy groups -OCH3 is 1. The average molecular weight is 391 g/mol. The van der Waals surface area contributed by atoms with Gasteiger partial charge in [-0.1, -0.05) is 13.0 Å². The summed E-state index contributed by atoms with van der Waals surface area (Å²) in [6.45, 7) is 4.05. The van der Waals surface area contributed by atoms with Gasteiger partial charge in [-0.05, 0) is 89.2 Å². The molecule has 5 heteroatoms. The monoisotopic (exact) mass is 390 g/mol. The van der Waals surface area contributed by atoms with Gasteiger partial charge in [-0.2, -0.15) is 0 Å². The largest absolute Gasteiger partial charge is 0.493 e. The highest BCUT2D eigenvalue weighted by Crippen LogP contribution is 2.29. The number of aryl methyl sites for hydroxylation is 1. The molecule has 1 saturated carbocycles. The fourth-order valence-corrected chi connectivity index (χ4v) is 3.66. The third-order valence-corrected chi connectivity index (χ3v) is 5.51. The van der Waals surface area contributed by atoms with E-state index in [9.17, 15) is 4.79 Å². The Labute approximate surface area is 170 Å². The smallest absolute Gasteiger partial charge is 0.220 e. The van der Waals surface area contributed by atoms with E-state index >= 15 is 0 Å². The van der Waals surface area contributed by atoms with Gasteiger partial charge in [-0.15, -0.1) is 0 Å². The number of carbonyl (C=O) groups is 1. The zero-order chi connectivity index (χ0) is 20.4. The maximum atomic E-state index is 12.3. The number of rotatable bonds is 11. The molecule has 1 aliphatic rings. The molecule has 28 heavy (non-hydrogen) atoms. The highest BCUT2D eigenvalue weighted by atomic mass is 16.5. The molecular weight excluding hydrogens is 352 g/mol. The number of benzene rings is 1. The predicted octanol–water partition coefficient (Wildman–Crippen LogP) is 4.04. The van der Waals surface area contributed by atoms with Gasteiger partial charge in [0.2, 0.25) is 5.91 Å². The van der Waals surface area contributed by atoms with Gasteiger partial charge in [-0.25, -0.2) is 0 Å². The average Bonchev–Trinajstić information content (AvgIpc) is 2.68. The van der Waals surface area contributed by atoms with Crippen molar-refractivity contribution < 1.29 is 14.3 Å². The van der Waals surface area contributed by atoms with Crippen LogP contribution in [0.5, 0.6) is 11.5 Å². The van der Waals surface area contributed by atoms with Gasteiger partial charge in [0, 0.05) is 12.5 Å². The molecule has 1 aromatic rings. The van der Waals surface area contributed by atoms with Crippen molar-refractivity contribution in [3.8, 4) is 11.5 Å². The second kappa shape index (κ2) is 11.9. The number of hydrogen-bond donors (Lipinski definition) is 1. The maximum absolute atomic E-state index is 12.3. The number of unbranched alkanes of at least 4 members (excludes halogenated alkanes) is 1. The van der Waals surface area contributed by atoms with E-state index < -0.39 is 0 Å². The molecule has 0 saturated heterocycles. The first-order valence-corrected chi connectivity index (χ1v) is 10.7. The number of amides is 1. The molecule has 0 unspecified atom stereocenters. The Hall–Kier alpha value is -1.75. The molecule has 1 aliphatic carbocycles. The van der Waals surface area contributed by atoms with Crippen molar-refractivity contribution >= 4 is 5.91 Å². The van der Waals surface area contributed by atoms with Gasteiger partial charge in [0.25, 0.3) is 0 Å². The zero-order valence-electron chi connectivity index (χ0n) is 18.1. The number of carbonyl (C=O) groups excluding carboxylic acids is 1. The summed E-state index contributed by atoms with van der Waals surface area (Å²) in [7, 11) is 5.83. The lowest BCUT2D eigenvalue weighted by atomic mass is 9.87. The minimum Gasteiger partial charge on any atom is -0.493 e. The zero-order valence-corrected chi connectivity index (χ0v) is 18.1. The maximum Gasteiger partial charge on any atom is 0.220 e. The molecule has 0 spiro atoms. The van der Waals surface area contributed by atoms with Gasteiger partial charge in [-0.3, -0.25) is 4.79 Å². The van der Waals surface area contributed by atoms with E-state index in [1.54, 1.807) is 7.11 Å². The third kappa shape index (κ3) is 8.09. The van der Waals surface area contributed by atoms with Gasteiger partial charge >= 0.3 is 0 Å². The summed E-state index contributed by atoms with van der Waals surface area (Å²) in [4.78, 5) is 14.4. The van der Waals surface area contributed by atoms with E-state index in [0.717, 1.165) is 55.2 Å². The molecular formula is C23H38N2O3. The van der Waals surface area contributed by atoms with Crippen LogP contribution in [0.4, 0.5) is 0 Å². The van der Waals surface area contributed by atoms with E-state index in [2.05, 4.69) is 31.2 Å². The molecule has 0 heterocycles. The molecule has 158 valence electrons. The third-order valence-electron chi connectivity index (χ3n) is 5.51. The first-order valence-electron chi connectivity index (χ1n) is 10.7. The van der Waals surface area contributed by atoms with Gasteiger partial charge in [0.05, 0.1) is 13.7 Å². The van der Waals surface area contributed by atoms with E-state index in [0.29, 0.717) is 25.5 Å². The fraction of sp³-hybridized carbons (Fsp3) is 0.696. The van der Waals surface area contributed by atoms with Crippen molar-refractivity contribution in [2.24, 2.45) is 5.92 Å². The summed E-state index contributed by atoms with van der Waals surface area (Å²) in [6, 6.07) is 6.35. The van der Waals surface area contributed by atoms with Crippen LogP contribution in [0.25, 0.3) is 0 Å². The predicted molar refractivity (Wildman–Crippen MR) is 114 cm³/mol. The summed E-state index contributed by atoms with van der Waals surface area (Å²) >= 11 is 0. The minimum atomic E-state index is 0.153.